The summed E-state index contributed by atoms with van der Waals surface area (Å²) in [5.41, 5.74) is 2.17. The molecule has 0 saturated carbocycles. The van der Waals surface area contributed by atoms with Gasteiger partial charge < -0.3 is 10.1 Å². The van der Waals surface area contributed by atoms with E-state index in [1.165, 1.54) is 11.3 Å². The van der Waals surface area contributed by atoms with E-state index in [9.17, 15) is 4.79 Å². The lowest BCUT2D eigenvalue weighted by atomic mass is 10.1. The lowest BCUT2D eigenvalue weighted by Crippen LogP contribution is -2.12. The number of rotatable bonds is 7. The summed E-state index contributed by atoms with van der Waals surface area (Å²) in [4.78, 5) is 13.4. The number of fused-ring (bicyclic) bond motifs is 1. The Morgan fingerprint density at radius 3 is 2.86 bits per heavy atom. The number of aromatic nitrogens is 4. The van der Waals surface area contributed by atoms with Crippen LogP contribution < -0.4 is 10.1 Å². The van der Waals surface area contributed by atoms with E-state index in [1.807, 2.05) is 43.3 Å². The maximum atomic E-state index is 12.7. The predicted octanol–water partition coefficient (Wildman–Crippen LogP) is 4.59. The smallest absolute Gasteiger partial charge is 0.255 e. The fraction of sp³-hybridized carbons (Fsp3) is 0.238. The van der Waals surface area contributed by atoms with E-state index in [0.29, 0.717) is 23.6 Å². The van der Waals surface area contributed by atoms with Gasteiger partial charge in [-0.05, 0) is 43.7 Å². The van der Waals surface area contributed by atoms with Crippen LogP contribution in [-0.4, -0.2) is 32.3 Å². The minimum absolute atomic E-state index is 0.183. The summed E-state index contributed by atoms with van der Waals surface area (Å²) in [6.45, 7) is 4.62. The van der Waals surface area contributed by atoms with Crippen molar-refractivity contribution in [2.24, 2.45) is 0 Å². The molecule has 0 saturated heterocycles. The topological polar surface area (TPSA) is 81.4 Å². The summed E-state index contributed by atoms with van der Waals surface area (Å²) < 4.78 is 7.41. The zero-order valence-electron chi connectivity index (χ0n) is 16.3. The molecule has 0 spiro atoms. The first-order chi connectivity index (χ1) is 14.1. The van der Waals surface area contributed by atoms with E-state index in [1.54, 1.807) is 16.6 Å². The summed E-state index contributed by atoms with van der Waals surface area (Å²) in [6.07, 6.45) is 2.05. The molecule has 29 heavy (non-hydrogen) atoms. The molecule has 0 bridgehead atoms. The zero-order valence-corrected chi connectivity index (χ0v) is 17.1. The lowest BCUT2D eigenvalue weighted by Gasteiger charge is -2.09. The molecule has 4 aromatic rings. The van der Waals surface area contributed by atoms with E-state index in [0.717, 1.165) is 34.2 Å². The van der Waals surface area contributed by atoms with Crippen LogP contribution in [0.4, 0.5) is 5.69 Å². The van der Waals surface area contributed by atoms with Gasteiger partial charge in [-0.1, -0.05) is 42.9 Å². The number of hydrogen-bond donors (Lipinski definition) is 1. The molecule has 2 aromatic heterocycles. The van der Waals surface area contributed by atoms with Gasteiger partial charge >= 0.3 is 0 Å². The Morgan fingerprint density at radius 2 is 2.03 bits per heavy atom. The van der Waals surface area contributed by atoms with Crippen molar-refractivity contribution >= 4 is 27.9 Å². The quantitative estimate of drug-likeness (QED) is 0.453. The SMILES string of the molecule is CCCCOc1cccc(C(=O)Nc2cccc(-c3nn4c(C)nnc4s3)c2)c1. The molecule has 1 amide bonds. The molecule has 7 nitrogen and oxygen atoms in total. The minimum atomic E-state index is -0.183. The van der Waals surface area contributed by atoms with Crippen LogP contribution in [0.1, 0.15) is 35.9 Å². The third-order valence-electron chi connectivity index (χ3n) is 4.38. The molecule has 0 radical (unpaired) electrons. The second kappa shape index (κ2) is 8.40. The first kappa shape index (κ1) is 19.1. The van der Waals surface area contributed by atoms with Crippen LogP contribution in [0.3, 0.4) is 0 Å². The number of nitrogens with one attached hydrogen (secondary N) is 1. The van der Waals surface area contributed by atoms with Crippen LogP contribution in [0.2, 0.25) is 0 Å². The summed E-state index contributed by atoms with van der Waals surface area (Å²) in [5, 5.41) is 16.4. The maximum Gasteiger partial charge on any atom is 0.255 e. The Balaban J connectivity index is 1.50. The van der Waals surface area contributed by atoms with Gasteiger partial charge in [0, 0.05) is 16.8 Å². The van der Waals surface area contributed by atoms with Crippen LogP contribution in [0.5, 0.6) is 5.75 Å². The van der Waals surface area contributed by atoms with Gasteiger partial charge in [0.2, 0.25) is 4.96 Å². The molecule has 0 fully saturated rings. The second-order valence-electron chi connectivity index (χ2n) is 6.61. The van der Waals surface area contributed by atoms with Gasteiger partial charge in [0.15, 0.2) is 5.82 Å². The van der Waals surface area contributed by atoms with Crippen LogP contribution in [0, 0.1) is 6.92 Å². The minimum Gasteiger partial charge on any atom is -0.494 e. The largest absolute Gasteiger partial charge is 0.494 e. The van der Waals surface area contributed by atoms with Crippen molar-refractivity contribution in [1.82, 2.24) is 19.8 Å². The highest BCUT2D eigenvalue weighted by atomic mass is 32.1. The van der Waals surface area contributed by atoms with Crippen LogP contribution in [0.15, 0.2) is 48.5 Å². The van der Waals surface area contributed by atoms with Crippen molar-refractivity contribution in [2.75, 3.05) is 11.9 Å². The fourth-order valence-electron chi connectivity index (χ4n) is 2.83. The highest BCUT2D eigenvalue weighted by molar-refractivity contribution is 7.19. The highest BCUT2D eigenvalue weighted by Crippen LogP contribution is 2.27. The Kier molecular flexibility index (Phi) is 5.53. The summed E-state index contributed by atoms with van der Waals surface area (Å²) in [5.74, 6) is 1.26. The number of ether oxygens (including phenoxy) is 1. The van der Waals surface area contributed by atoms with E-state index in [2.05, 4.69) is 27.5 Å². The molecule has 0 atom stereocenters. The number of nitrogens with zero attached hydrogens (tertiary/aromatic N) is 4. The fourth-order valence-corrected chi connectivity index (χ4v) is 3.71. The maximum absolute atomic E-state index is 12.7. The molecule has 1 N–H and O–H groups in total. The molecule has 8 heteroatoms. The summed E-state index contributed by atoms with van der Waals surface area (Å²) in [7, 11) is 0. The summed E-state index contributed by atoms with van der Waals surface area (Å²) >= 11 is 1.46. The van der Waals surface area contributed by atoms with Gasteiger partial charge in [-0.25, -0.2) is 0 Å². The first-order valence-electron chi connectivity index (χ1n) is 9.47. The normalized spacial score (nSPS) is 11.0. The first-order valence-corrected chi connectivity index (χ1v) is 10.3. The molecular formula is C21H21N5O2S. The van der Waals surface area contributed by atoms with E-state index < -0.39 is 0 Å². The second-order valence-corrected chi connectivity index (χ2v) is 7.57. The molecule has 2 aromatic carbocycles. The average molecular weight is 407 g/mol. The van der Waals surface area contributed by atoms with Crippen LogP contribution in [-0.2, 0) is 0 Å². The van der Waals surface area contributed by atoms with E-state index in [4.69, 9.17) is 4.74 Å². The Hall–Kier alpha value is -3.26. The Bertz CT molecular complexity index is 1150. The van der Waals surface area contributed by atoms with Crippen molar-refractivity contribution in [3.8, 4) is 16.3 Å². The number of amides is 1. The third-order valence-corrected chi connectivity index (χ3v) is 5.32. The van der Waals surface area contributed by atoms with E-state index in [-0.39, 0.29) is 5.91 Å². The monoisotopic (exact) mass is 407 g/mol. The number of hydrogen-bond acceptors (Lipinski definition) is 6. The molecule has 0 unspecified atom stereocenters. The van der Waals surface area contributed by atoms with Crippen molar-refractivity contribution in [3.63, 3.8) is 0 Å². The Morgan fingerprint density at radius 1 is 1.17 bits per heavy atom. The lowest BCUT2D eigenvalue weighted by molar-refractivity contribution is 0.102. The molecule has 0 aliphatic carbocycles. The van der Waals surface area contributed by atoms with Gasteiger partial charge in [-0.2, -0.15) is 9.61 Å². The molecular weight excluding hydrogens is 386 g/mol. The van der Waals surface area contributed by atoms with Gasteiger partial charge in [-0.3, -0.25) is 4.79 Å². The number of carbonyl (C=O) groups is 1. The van der Waals surface area contributed by atoms with E-state index >= 15 is 0 Å². The molecule has 2 heterocycles. The summed E-state index contributed by atoms with van der Waals surface area (Å²) in [6, 6.07) is 14.8. The van der Waals surface area contributed by atoms with Crippen molar-refractivity contribution < 1.29 is 9.53 Å². The molecule has 0 aliphatic rings. The zero-order chi connectivity index (χ0) is 20.2. The predicted molar refractivity (Wildman–Crippen MR) is 114 cm³/mol. The van der Waals surface area contributed by atoms with Crippen molar-refractivity contribution in [1.29, 1.82) is 0 Å². The van der Waals surface area contributed by atoms with Crippen LogP contribution in [0.25, 0.3) is 15.5 Å². The number of unbranched alkanes of at least 4 members (excludes halogenated alkanes) is 1. The number of aryl methyl sites for hydroxylation is 1. The number of benzene rings is 2. The van der Waals surface area contributed by atoms with Crippen molar-refractivity contribution in [3.05, 3.63) is 59.9 Å². The third kappa shape index (κ3) is 4.27. The average Bonchev–Trinajstić information content (AvgIpc) is 3.31. The molecule has 4 rings (SSSR count). The number of anilines is 1. The molecule has 148 valence electrons. The standard InChI is InChI=1S/C21H21N5O2S/c1-3-4-11-28-18-10-6-7-15(13-18)19(27)22-17-9-5-8-16(12-17)20-25-26-14(2)23-24-21(26)29-20/h5-10,12-13H,3-4,11H2,1-2H3,(H,22,27). The van der Waals surface area contributed by atoms with Gasteiger partial charge in [0.25, 0.3) is 5.91 Å². The van der Waals surface area contributed by atoms with Gasteiger partial charge in [-0.15, -0.1) is 10.2 Å². The molecule has 0 aliphatic heterocycles. The van der Waals surface area contributed by atoms with Gasteiger partial charge in [0.05, 0.1) is 6.61 Å². The Labute approximate surface area is 172 Å². The van der Waals surface area contributed by atoms with Gasteiger partial charge in [0.1, 0.15) is 10.8 Å². The van der Waals surface area contributed by atoms with Crippen molar-refractivity contribution in [2.45, 2.75) is 26.7 Å². The highest BCUT2D eigenvalue weighted by Gasteiger charge is 2.12. The number of carbonyl (C=O) groups excluding carboxylic acids is 1. The van der Waals surface area contributed by atoms with Crippen LogP contribution >= 0.6 is 11.3 Å².